The van der Waals surface area contributed by atoms with Crippen LogP contribution < -0.4 is 5.32 Å². The Morgan fingerprint density at radius 2 is 2.00 bits per heavy atom. The summed E-state index contributed by atoms with van der Waals surface area (Å²) in [4.78, 5) is 9.01. The van der Waals surface area contributed by atoms with Crippen LogP contribution in [0.1, 0.15) is 36.0 Å². The van der Waals surface area contributed by atoms with Gasteiger partial charge in [0.05, 0.1) is 0 Å². The van der Waals surface area contributed by atoms with Crippen LogP contribution in [0.25, 0.3) is 0 Å². The topological polar surface area (TPSA) is 37.8 Å². The zero-order valence-electron chi connectivity index (χ0n) is 8.88. The van der Waals surface area contributed by atoms with Gasteiger partial charge in [-0.3, -0.25) is 0 Å². The number of hydrogen-bond donors (Lipinski definition) is 1. The molecule has 0 bridgehead atoms. The zero-order chi connectivity index (χ0) is 9.97. The summed E-state index contributed by atoms with van der Waals surface area (Å²) in [6.45, 7) is 6.24. The first kappa shape index (κ1) is 9.59. The SMILES string of the molecule is Cc1cc(C)nc([C@H]2CCCNC2)n1. The molecule has 1 fully saturated rings. The Kier molecular flexibility index (Phi) is 2.77. The van der Waals surface area contributed by atoms with Crippen molar-refractivity contribution in [3.63, 3.8) is 0 Å². The predicted octanol–water partition coefficient (Wildman–Crippen LogP) is 1.56. The third kappa shape index (κ3) is 2.10. The first-order chi connectivity index (χ1) is 6.75. The summed E-state index contributed by atoms with van der Waals surface area (Å²) in [5.74, 6) is 1.54. The molecule has 0 spiro atoms. The van der Waals surface area contributed by atoms with Crippen molar-refractivity contribution in [1.29, 1.82) is 0 Å². The molecule has 3 heteroatoms. The molecule has 0 aromatic carbocycles. The van der Waals surface area contributed by atoms with Gasteiger partial charge in [-0.15, -0.1) is 0 Å². The van der Waals surface area contributed by atoms with Gasteiger partial charge in [0, 0.05) is 23.9 Å². The van der Waals surface area contributed by atoms with E-state index in [4.69, 9.17) is 0 Å². The number of hydrogen-bond acceptors (Lipinski definition) is 3. The summed E-state index contributed by atoms with van der Waals surface area (Å²) in [5, 5.41) is 3.39. The largest absolute Gasteiger partial charge is 0.316 e. The molecule has 2 heterocycles. The minimum Gasteiger partial charge on any atom is -0.316 e. The van der Waals surface area contributed by atoms with Crippen molar-refractivity contribution in [3.8, 4) is 0 Å². The molecule has 2 rings (SSSR count). The summed E-state index contributed by atoms with van der Waals surface area (Å²) in [6.07, 6.45) is 2.46. The monoisotopic (exact) mass is 191 g/mol. The van der Waals surface area contributed by atoms with Crippen LogP contribution in [0.3, 0.4) is 0 Å². The lowest BCUT2D eigenvalue weighted by Gasteiger charge is -2.21. The van der Waals surface area contributed by atoms with Gasteiger partial charge in [-0.05, 0) is 39.3 Å². The van der Waals surface area contributed by atoms with Crippen molar-refractivity contribution < 1.29 is 0 Å². The van der Waals surface area contributed by atoms with Gasteiger partial charge in [0.2, 0.25) is 0 Å². The molecule has 0 aliphatic carbocycles. The molecule has 1 aliphatic heterocycles. The summed E-state index contributed by atoms with van der Waals surface area (Å²) < 4.78 is 0. The van der Waals surface area contributed by atoms with E-state index in [1.54, 1.807) is 0 Å². The molecule has 0 amide bonds. The summed E-state index contributed by atoms with van der Waals surface area (Å²) in [7, 11) is 0. The molecule has 1 aliphatic rings. The van der Waals surface area contributed by atoms with E-state index in [2.05, 4.69) is 15.3 Å². The molecule has 1 saturated heterocycles. The van der Waals surface area contributed by atoms with E-state index < -0.39 is 0 Å². The molecule has 0 unspecified atom stereocenters. The lowest BCUT2D eigenvalue weighted by molar-refractivity contribution is 0.445. The van der Waals surface area contributed by atoms with Gasteiger partial charge < -0.3 is 5.32 Å². The average molecular weight is 191 g/mol. The highest BCUT2D eigenvalue weighted by Gasteiger charge is 2.17. The summed E-state index contributed by atoms with van der Waals surface area (Å²) in [6, 6.07) is 2.03. The normalized spacial score (nSPS) is 22.3. The smallest absolute Gasteiger partial charge is 0.133 e. The minimum atomic E-state index is 0.516. The van der Waals surface area contributed by atoms with E-state index in [-0.39, 0.29) is 0 Å². The van der Waals surface area contributed by atoms with Crippen LogP contribution in [0.5, 0.6) is 0 Å². The molecule has 1 N–H and O–H groups in total. The van der Waals surface area contributed by atoms with Crippen LogP contribution >= 0.6 is 0 Å². The summed E-state index contributed by atoms with van der Waals surface area (Å²) >= 11 is 0. The number of aromatic nitrogens is 2. The predicted molar refractivity (Wildman–Crippen MR) is 56.4 cm³/mol. The Hall–Kier alpha value is -0.960. The third-order valence-corrected chi connectivity index (χ3v) is 2.66. The number of nitrogens with zero attached hydrogens (tertiary/aromatic N) is 2. The van der Waals surface area contributed by atoms with Crippen LogP contribution in [-0.2, 0) is 0 Å². The van der Waals surface area contributed by atoms with Crippen molar-refractivity contribution in [2.45, 2.75) is 32.6 Å². The Morgan fingerprint density at radius 3 is 2.57 bits per heavy atom. The molecule has 1 aromatic heterocycles. The van der Waals surface area contributed by atoms with E-state index in [0.29, 0.717) is 5.92 Å². The lowest BCUT2D eigenvalue weighted by Crippen LogP contribution is -2.29. The second-order valence-electron chi connectivity index (χ2n) is 4.05. The second-order valence-corrected chi connectivity index (χ2v) is 4.05. The highest BCUT2D eigenvalue weighted by molar-refractivity contribution is 5.11. The Balaban J connectivity index is 2.21. The van der Waals surface area contributed by atoms with Crippen molar-refractivity contribution in [3.05, 3.63) is 23.3 Å². The molecule has 76 valence electrons. The zero-order valence-corrected chi connectivity index (χ0v) is 8.88. The summed E-state index contributed by atoms with van der Waals surface area (Å²) in [5.41, 5.74) is 2.16. The van der Waals surface area contributed by atoms with Gasteiger partial charge in [0.15, 0.2) is 0 Å². The van der Waals surface area contributed by atoms with E-state index in [0.717, 1.165) is 30.3 Å². The number of aryl methyl sites for hydroxylation is 2. The van der Waals surface area contributed by atoms with E-state index in [1.807, 2.05) is 19.9 Å². The van der Waals surface area contributed by atoms with Crippen molar-refractivity contribution in [2.24, 2.45) is 0 Å². The highest BCUT2D eigenvalue weighted by atomic mass is 14.9. The molecule has 3 nitrogen and oxygen atoms in total. The van der Waals surface area contributed by atoms with E-state index in [9.17, 15) is 0 Å². The standard InChI is InChI=1S/C11H17N3/c1-8-6-9(2)14-11(13-8)10-4-3-5-12-7-10/h6,10,12H,3-5,7H2,1-2H3/t10-/m0/s1. The molecule has 1 atom stereocenters. The van der Waals surface area contributed by atoms with Crippen LogP contribution in [0.15, 0.2) is 6.07 Å². The lowest BCUT2D eigenvalue weighted by atomic mass is 9.99. The van der Waals surface area contributed by atoms with Crippen molar-refractivity contribution >= 4 is 0 Å². The van der Waals surface area contributed by atoms with Gasteiger partial charge in [-0.2, -0.15) is 0 Å². The number of rotatable bonds is 1. The number of piperidine rings is 1. The van der Waals surface area contributed by atoms with Crippen molar-refractivity contribution in [2.75, 3.05) is 13.1 Å². The molecule has 0 saturated carbocycles. The van der Waals surface area contributed by atoms with Gasteiger partial charge >= 0.3 is 0 Å². The van der Waals surface area contributed by atoms with Gasteiger partial charge in [0.1, 0.15) is 5.82 Å². The first-order valence-corrected chi connectivity index (χ1v) is 5.28. The van der Waals surface area contributed by atoms with Crippen molar-refractivity contribution in [1.82, 2.24) is 15.3 Å². The van der Waals surface area contributed by atoms with Gasteiger partial charge in [0.25, 0.3) is 0 Å². The van der Waals surface area contributed by atoms with Gasteiger partial charge in [-0.25, -0.2) is 9.97 Å². The van der Waals surface area contributed by atoms with Crippen LogP contribution in [0, 0.1) is 13.8 Å². The Morgan fingerprint density at radius 1 is 1.29 bits per heavy atom. The molecule has 1 aromatic rings. The molecule has 0 radical (unpaired) electrons. The molecular formula is C11H17N3. The van der Waals surface area contributed by atoms with E-state index in [1.165, 1.54) is 12.8 Å². The Bertz CT molecular complexity index is 296. The molecule has 14 heavy (non-hydrogen) atoms. The highest BCUT2D eigenvalue weighted by Crippen LogP contribution is 2.20. The minimum absolute atomic E-state index is 0.516. The maximum absolute atomic E-state index is 4.51. The first-order valence-electron chi connectivity index (χ1n) is 5.28. The average Bonchev–Trinajstić information content (AvgIpc) is 2.18. The van der Waals surface area contributed by atoms with Crippen LogP contribution in [-0.4, -0.2) is 23.1 Å². The molecular weight excluding hydrogens is 174 g/mol. The Labute approximate surface area is 85.0 Å². The maximum atomic E-state index is 4.51. The van der Waals surface area contributed by atoms with Crippen LogP contribution in [0.2, 0.25) is 0 Å². The maximum Gasteiger partial charge on any atom is 0.133 e. The fourth-order valence-electron chi connectivity index (χ4n) is 2.01. The van der Waals surface area contributed by atoms with Crippen LogP contribution in [0.4, 0.5) is 0 Å². The van der Waals surface area contributed by atoms with E-state index >= 15 is 0 Å². The fraction of sp³-hybridized carbons (Fsp3) is 0.636. The second kappa shape index (κ2) is 4.05. The third-order valence-electron chi connectivity index (χ3n) is 2.66. The van der Waals surface area contributed by atoms with Gasteiger partial charge in [-0.1, -0.05) is 0 Å². The quantitative estimate of drug-likeness (QED) is 0.732. The fourth-order valence-corrected chi connectivity index (χ4v) is 2.01. The number of nitrogens with one attached hydrogen (secondary N) is 1.